The molecule has 0 N–H and O–H groups in total. The van der Waals surface area contributed by atoms with E-state index in [-0.39, 0.29) is 18.1 Å². The minimum absolute atomic E-state index is 0.00648. The van der Waals surface area contributed by atoms with Gasteiger partial charge >= 0.3 is 0 Å². The SMILES string of the molecule is Cc1ccc(S(=O)(=O)CCCC(=O)N2CCN(c3nc4ccccc4s3)CC2)cc1. The normalized spacial score (nSPS) is 15.0. The number of aromatic nitrogens is 1. The first kappa shape index (κ1) is 20.8. The van der Waals surface area contributed by atoms with Gasteiger partial charge in [0.15, 0.2) is 15.0 Å². The summed E-state index contributed by atoms with van der Waals surface area (Å²) in [7, 11) is -3.35. The number of rotatable bonds is 6. The number of sulfone groups is 1. The molecule has 1 amide bonds. The number of benzene rings is 2. The molecule has 1 fully saturated rings. The lowest BCUT2D eigenvalue weighted by Crippen LogP contribution is -2.48. The lowest BCUT2D eigenvalue weighted by Gasteiger charge is -2.34. The Kier molecular flexibility index (Phi) is 6.06. The second kappa shape index (κ2) is 8.73. The van der Waals surface area contributed by atoms with Crippen LogP contribution < -0.4 is 4.90 Å². The molecule has 1 aliphatic rings. The lowest BCUT2D eigenvalue weighted by molar-refractivity contribution is -0.131. The molecule has 0 radical (unpaired) electrons. The van der Waals surface area contributed by atoms with Crippen molar-refractivity contribution in [3.63, 3.8) is 0 Å². The van der Waals surface area contributed by atoms with E-state index in [1.165, 1.54) is 4.70 Å². The number of aryl methyl sites for hydroxylation is 1. The van der Waals surface area contributed by atoms with E-state index in [2.05, 4.69) is 11.0 Å². The molecule has 3 aromatic rings. The molecule has 1 saturated heterocycles. The number of nitrogens with zero attached hydrogens (tertiary/aromatic N) is 3. The number of carbonyl (C=O) groups is 1. The summed E-state index contributed by atoms with van der Waals surface area (Å²) < 4.78 is 26.0. The Balaban J connectivity index is 1.26. The average Bonchev–Trinajstić information content (AvgIpc) is 3.18. The molecule has 1 aromatic heterocycles. The van der Waals surface area contributed by atoms with Gasteiger partial charge in [-0.3, -0.25) is 4.79 Å². The van der Waals surface area contributed by atoms with Gasteiger partial charge in [-0.2, -0.15) is 0 Å². The fourth-order valence-electron chi connectivity index (χ4n) is 3.58. The Morgan fingerprint density at radius 1 is 1.03 bits per heavy atom. The quantitative estimate of drug-likeness (QED) is 0.583. The van der Waals surface area contributed by atoms with Crippen LogP contribution in [0.1, 0.15) is 18.4 Å². The molecule has 0 unspecified atom stereocenters. The van der Waals surface area contributed by atoms with E-state index < -0.39 is 9.84 Å². The summed E-state index contributed by atoms with van der Waals surface area (Å²) in [6.07, 6.45) is 0.597. The molecule has 2 aromatic carbocycles. The Bertz CT molecular complexity index is 1100. The maximum absolute atomic E-state index is 12.5. The molecule has 1 aliphatic heterocycles. The van der Waals surface area contributed by atoms with Crippen molar-refractivity contribution in [1.82, 2.24) is 9.88 Å². The number of fused-ring (bicyclic) bond motifs is 1. The zero-order valence-corrected chi connectivity index (χ0v) is 18.6. The van der Waals surface area contributed by atoms with E-state index >= 15 is 0 Å². The summed E-state index contributed by atoms with van der Waals surface area (Å²) in [5, 5.41) is 0.993. The van der Waals surface area contributed by atoms with Gasteiger partial charge in [-0.05, 0) is 37.6 Å². The summed E-state index contributed by atoms with van der Waals surface area (Å²) in [6, 6.07) is 14.9. The van der Waals surface area contributed by atoms with Crippen LogP contribution in [0.5, 0.6) is 0 Å². The van der Waals surface area contributed by atoms with Crippen LogP contribution in [0.2, 0.25) is 0 Å². The number of hydrogen-bond acceptors (Lipinski definition) is 6. The van der Waals surface area contributed by atoms with Gasteiger partial charge in [0.1, 0.15) is 0 Å². The Morgan fingerprint density at radius 2 is 1.73 bits per heavy atom. The monoisotopic (exact) mass is 443 g/mol. The predicted molar refractivity (Wildman–Crippen MR) is 121 cm³/mol. The topological polar surface area (TPSA) is 70.6 Å². The second-order valence-corrected chi connectivity index (χ2v) is 10.7. The zero-order chi connectivity index (χ0) is 21.1. The first-order valence-electron chi connectivity index (χ1n) is 10.1. The first-order chi connectivity index (χ1) is 14.4. The first-order valence-corrected chi connectivity index (χ1v) is 12.6. The molecule has 0 bridgehead atoms. The molecule has 0 aliphatic carbocycles. The number of para-hydroxylation sites is 1. The van der Waals surface area contributed by atoms with Gasteiger partial charge in [0.05, 0.1) is 20.9 Å². The van der Waals surface area contributed by atoms with Crippen molar-refractivity contribution in [3.8, 4) is 0 Å². The van der Waals surface area contributed by atoms with E-state index in [0.717, 1.165) is 29.3 Å². The van der Waals surface area contributed by atoms with Crippen LogP contribution in [-0.2, 0) is 14.6 Å². The number of hydrogen-bond donors (Lipinski definition) is 0. The number of amides is 1. The van der Waals surface area contributed by atoms with Crippen LogP contribution in [0, 0.1) is 6.92 Å². The van der Waals surface area contributed by atoms with Gasteiger partial charge in [-0.15, -0.1) is 0 Å². The maximum Gasteiger partial charge on any atom is 0.222 e. The average molecular weight is 444 g/mol. The highest BCUT2D eigenvalue weighted by Crippen LogP contribution is 2.29. The lowest BCUT2D eigenvalue weighted by atomic mass is 10.2. The summed E-state index contributed by atoms with van der Waals surface area (Å²) in [6.45, 7) is 4.69. The molecular formula is C22H25N3O3S2. The van der Waals surface area contributed by atoms with Crippen LogP contribution in [0.25, 0.3) is 10.2 Å². The van der Waals surface area contributed by atoms with Crippen LogP contribution in [0.4, 0.5) is 5.13 Å². The van der Waals surface area contributed by atoms with Crippen molar-refractivity contribution in [2.75, 3.05) is 36.8 Å². The third-order valence-corrected chi connectivity index (χ3v) is 8.28. The van der Waals surface area contributed by atoms with Gasteiger partial charge < -0.3 is 9.80 Å². The van der Waals surface area contributed by atoms with E-state index in [9.17, 15) is 13.2 Å². The van der Waals surface area contributed by atoms with Crippen molar-refractivity contribution in [1.29, 1.82) is 0 Å². The van der Waals surface area contributed by atoms with E-state index in [4.69, 9.17) is 4.98 Å². The fraction of sp³-hybridized carbons (Fsp3) is 0.364. The van der Waals surface area contributed by atoms with E-state index in [1.54, 1.807) is 35.6 Å². The van der Waals surface area contributed by atoms with Gasteiger partial charge in [-0.25, -0.2) is 13.4 Å². The summed E-state index contributed by atoms with van der Waals surface area (Å²) in [5.41, 5.74) is 2.03. The molecule has 0 spiro atoms. The van der Waals surface area contributed by atoms with Crippen LogP contribution in [0.15, 0.2) is 53.4 Å². The van der Waals surface area contributed by atoms with Gasteiger partial charge in [0.2, 0.25) is 5.91 Å². The fourth-order valence-corrected chi connectivity index (χ4v) is 5.91. The van der Waals surface area contributed by atoms with Gasteiger partial charge in [0, 0.05) is 32.6 Å². The molecule has 4 rings (SSSR count). The number of thiazole rings is 1. The highest BCUT2D eigenvalue weighted by molar-refractivity contribution is 7.91. The molecule has 8 heteroatoms. The Hall–Kier alpha value is -2.45. The smallest absolute Gasteiger partial charge is 0.222 e. The summed E-state index contributed by atoms with van der Waals surface area (Å²) >= 11 is 1.67. The van der Waals surface area contributed by atoms with Crippen LogP contribution in [-0.4, -0.2) is 56.1 Å². The van der Waals surface area contributed by atoms with E-state index in [1.807, 2.05) is 30.0 Å². The molecule has 6 nitrogen and oxygen atoms in total. The Morgan fingerprint density at radius 3 is 2.43 bits per heavy atom. The largest absolute Gasteiger partial charge is 0.345 e. The Labute approximate surface area is 181 Å². The van der Waals surface area contributed by atoms with Crippen molar-refractivity contribution in [2.24, 2.45) is 0 Å². The number of piperazine rings is 1. The number of anilines is 1. The van der Waals surface area contributed by atoms with Gasteiger partial charge in [-0.1, -0.05) is 41.2 Å². The minimum atomic E-state index is -3.35. The molecular weight excluding hydrogens is 418 g/mol. The predicted octanol–water partition coefficient (Wildman–Crippen LogP) is 3.51. The minimum Gasteiger partial charge on any atom is -0.345 e. The van der Waals surface area contributed by atoms with Crippen LogP contribution >= 0.6 is 11.3 Å². The molecule has 2 heterocycles. The summed E-state index contributed by atoms with van der Waals surface area (Å²) in [5.74, 6) is 0.0195. The van der Waals surface area contributed by atoms with Crippen molar-refractivity contribution < 1.29 is 13.2 Å². The van der Waals surface area contributed by atoms with Crippen molar-refractivity contribution >= 4 is 42.4 Å². The highest BCUT2D eigenvalue weighted by Gasteiger charge is 2.23. The molecule has 0 atom stereocenters. The zero-order valence-electron chi connectivity index (χ0n) is 17.0. The van der Waals surface area contributed by atoms with Gasteiger partial charge in [0.25, 0.3) is 0 Å². The van der Waals surface area contributed by atoms with Crippen molar-refractivity contribution in [3.05, 3.63) is 54.1 Å². The third kappa shape index (κ3) is 4.65. The van der Waals surface area contributed by atoms with Crippen LogP contribution in [0.3, 0.4) is 0 Å². The van der Waals surface area contributed by atoms with Crippen molar-refractivity contribution in [2.45, 2.75) is 24.7 Å². The molecule has 0 saturated carbocycles. The molecule has 158 valence electrons. The highest BCUT2D eigenvalue weighted by atomic mass is 32.2. The third-order valence-electron chi connectivity index (χ3n) is 5.37. The summed E-state index contributed by atoms with van der Waals surface area (Å²) in [4.78, 5) is 21.6. The maximum atomic E-state index is 12.5. The second-order valence-electron chi connectivity index (χ2n) is 7.57. The van der Waals surface area contributed by atoms with E-state index in [0.29, 0.717) is 24.4 Å². The standard InChI is InChI=1S/C22H25N3O3S2/c1-17-8-10-18(11-9-17)30(27,28)16-4-7-21(26)24-12-14-25(15-13-24)22-23-19-5-2-3-6-20(19)29-22/h2-3,5-6,8-11H,4,7,12-16H2,1H3. The number of carbonyl (C=O) groups excluding carboxylic acids is 1. The molecule has 30 heavy (non-hydrogen) atoms.